The monoisotopic (exact) mass is 324 g/mol. The first-order chi connectivity index (χ1) is 11.8. The van der Waals surface area contributed by atoms with Gasteiger partial charge in [-0.25, -0.2) is 0 Å². The summed E-state index contributed by atoms with van der Waals surface area (Å²) in [6, 6.07) is 7.33. The van der Waals surface area contributed by atoms with Gasteiger partial charge >= 0.3 is 0 Å². The number of carbonyl (C=O) groups is 1. The fraction of sp³-hybridized carbons (Fsp3) is 0.333. The van der Waals surface area contributed by atoms with E-state index in [1.54, 1.807) is 18.5 Å². The summed E-state index contributed by atoms with van der Waals surface area (Å²) in [6.45, 7) is 1.48. The highest BCUT2D eigenvalue weighted by Crippen LogP contribution is 2.22. The Morgan fingerprint density at radius 1 is 1.29 bits per heavy atom. The van der Waals surface area contributed by atoms with Crippen LogP contribution < -0.4 is 10.2 Å². The third kappa shape index (κ3) is 2.87. The molecule has 4 heterocycles. The summed E-state index contributed by atoms with van der Waals surface area (Å²) in [4.78, 5) is 18.6. The van der Waals surface area contributed by atoms with Crippen LogP contribution in [0.5, 0.6) is 0 Å². The molecule has 3 aromatic rings. The van der Waals surface area contributed by atoms with E-state index in [0.29, 0.717) is 17.9 Å². The first-order valence-electron chi connectivity index (χ1n) is 7.81. The molecule has 4 rings (SSSR count). The van der Waals surface area contributed by atoms with Crippen molar-refractivity contribution >= 4 is 23.1 Å². The van der Waals surface area contributed by atoms with Crippen molar-refractivity contribution < 1.29 is 4.79 Å². The molecule has 1 fully saturated rings. The first-order valence-corrected chi connectivity index (χ1v) is 7.81. The maximum absolute atomic E-state index is 12.5. The smallest absolute Gasteiger partial charge is 0.229 e. The maximum Gasteiger partial charge on any atom is 0.229 e. The molecule has 0 unspecified atom stereocenters. The Kier molecular flexibility index (Phi) is 3.73. The topological polar surface area (TPSA) is 101 Å². The van der Waals surface area contributed by atoms with Crippen molar-refractivity contribution in [3.63, 3.8) is 0 Å². The van der Waals surface area contributed by atoms with Gasteiger partial charge in [0.2, 0.25) is 5.91 Å². The predicted molar refractivity (Wildman–Crippen MR) is 86.4 cm³/mol. The Bertz CT molecular complexity index is 849. The van der Waals surface area contributed by atoms with Gasteiger partial charge in [0, 0.05) is 19.3 Å². The van der Waals surface area contributed by atoms with Gasteiger partial charge in [0.1, 0.15) is 0 Å². The number of pyridine rings is 1. The van der Waals surface area contributed by atoms with Crippen molar-refractivity contribution in [2.45, 2.75) is 12.8 Å². The quantitative estimate of drug-likeness (QED) is 0.759. The molecule has 1 saturated heterocycles. The van der Waals surface area contributed by atoms with Crippen LogP contribution in [0.15, 0.2) is 36.7 Å². The zero-order valence-corrected chi connectivity index (χ0v) is 12.9. The highest BCUT2D eigenvalue weighted by molar-refractivity contribution is 5.92. The van der Waals surface area contributed by atoms with E-state index in [4.69, 9.17) is 0 Å². The number of nitrogens with one attached hydrogen (secondary N) is 1. The summed E-state index contributed by atoms with van der Waals surface area (Å²) in [5.41, 5.74) is 1.31. The zero-order valence-electron chi connectivity index (χ0n) is 12.9. The number of anilines is 2. The van der Waals surface area contributed by atoms with Gasteiger partial charge in [-0.15, -0.1) is 14.8 Å². The summed E-state index contributed by atoms with van der Waals surface area (Å²) in [5, 5.41) is 18.6. The van der Waals surface area contributed by atoms with Gasteiger partial charge in [-0.2, -0.15) is 0 Å². The lowest BCUT2D eigenvalue weighted by molar-refractivity contribution is -0.120. The van der Waals surface area contributed by atoms with Gasteiger partial charge in [-0.1, -0.05) is 0 Å². The molecule has 1 aliphatic rings. The van der Waals surface area contributed by atoms with Crippen LogP contribution in [0.2, 0.25) is 0 Å². The largest absolute Gasteiger partial charge is 0.354 e. The van der Waals surface area contributed by atoms with Crippen molar-refractivity contribution in [3.8, 4) is 0 Å². The molecule has 24 heavy (non-hydrogen) atoms. The molecule has 1 N–H and O–H groups in total. The minimum absolute atomic E-state index is 0.0104. The Balaban J connectivity index is 1.47. The van der Waals surface area contributed by atoms with Crippen molar-refractivity contribution in [3.05, 3.63) is 36.7 Å². The molecule has 0 radical (unpaired) electrons. The van der Waals surface area contributed by atoms with Crippen molar-refractivity contribution in [2.75, 3.05) is 23.3 Å². The van der Waals surface area contributed by atoms with Crippen LogP contribution in [0.4, 0.5) is 11.5 Å². The molecule has 9 nitrogen and oxygen atoms in total. The van der Waals surface area contributed by atoms with E-state index in [1.165, 1.54) is 4.63 Å². The molecule has 0 saturated carbocycles. The molecule has 1 atom stereocenters. The standard InChI is InChI=1S/C15H16N8O/c24-15(17-12-4-1-7-16-9-12)11-3-2-8-22(10-11)14-6-5-13-18-20-21-23(13)19-14/h1,4-7,9,11H,2-3,8,10H2,(H,17,24)/t11-/m0/s1. The summed E-state index contributed by atoms with van der Waals surface area (Å²) in [6.07, 6.45) is 5.11. The third-order valence-electron chi connectivity index (χ3n) is 4.10. The lowest BCUT2D eigenvalue weighted by atomic mass is 9.97. The highest BCUT2D eigenvalue weighted by atomic mass is 16.1. The van der Waals surface area contributed by atoms with Gasteiger partial charge in [0.05, 0.1) is 17.8 Å². The van der Waals surface area contributed by atoms with Gasteiger partial charge in [-0.3, -0.25) is 9.78 Å². The lowest BCUT2D eigenvalue weighted by Gasteiger charge is -2.32. The number of hydrogen-bond donors (Lipinski definition) is 1. The average molecular weight is 324 g/mol. The van der Waals surface area contributed by atoms with Gasteiger partial charge in [-0.05, 0) is 47.5 Å². The molecule has 1 amide bonds. The number of rotatable bonds is 3. The number of piperidine rings is 1. The van der Waals surface area contributed by atoms with Crippen LogP contribution in [-0.2, 0) is 4.79 Å². The van der Waals surface area contributed by atoms with Crippen LogP contribution in [0, 0.1) is 5.92 Å². The van der Waals surface area contributed by atoms with Crippen molar-refractivity contribution in [1.82, 2.24) is 30.2 Å². The number of carbonyl (C=O) groups excluding carboxylic acids is 1. The van der Waals surface area contributed by atoms with Crippen molar-refractivity contribution in [1.29, 1.82) is 0 Å². The maximum atomic E-state index is 12.5. The molecular formula is C15H16N8O. The number of amides is 1. The van der Waals surface area contributed by atoms with Crippen LogP contribution in [0.3, 0.4) is 0 Å². The molecular weight excluding hydrogens is 308 g/mol. The minimum atomic E-state index is -0.0923. The Morgan fingerprint density at radius 2 is 2.25 bits per heavy atom. The van der Waals surface area contributed by atoms with Crippen LogP contribution in [0.1, 0.15) is 12.8 Å². The number of aromatic nitrogens is 6. The fourth-order valence-corrected chi connectivity index (χ4v) is 2.89. The van der Waals surface area contributed by atoms with E-state index < -0.39 is 0 Å². The van der Waals surface area contributed by atoms with E-state index >= 15 is 0 Å². The number of tetrazole rings is 1. The summed E-state index contributed by atoms with van der Waals surface area (Å²) in [7, 11) is 0. The summed E-state index contributed by atoms with van der Waals surface area (Å²) < 4.78 is 1.40. The van der Waals surface area contributed by atoms with Crippen LogP contribution in [-0.4, -0.2) is 49.2 Å². The SMILES string of the molecule is O=C(Nc1cccnc1)[C@H]1CCCN(c2ccc3nnnn3n2)C1. The van der Waals surface area contributed by atoms with Gasteiger partial charge in [0.15, 0.2) is 11.5 Å². The van der Waals surface area contributed by atoms with E-state index in [0.717, 1.165) is 25.2 Å². The second-order valence-corrected chi connectivity index (χ2v) is 5.73. The number of nitrogens with zero attached hydrogens (tertiary/aromatic N) is 7. The minimum Gasteiger partial charge on any atom is -0.354 e. The van der Waals surface area contributed by atoms with E-state index in [2.05, 4.69) is 35.8 Å². The van der Waals surface area contributed by atoms with E-state index in [1.807, 2.05) is 18.2 Å². The Morgan fingerprint density at radius 3 is 3.12 bits per heavy atom. The summed E-state index contributed by atoms with van der Waals surface area (Å²) in [5.74, 6) is 0.690. The predicted octanol–water partition coefficient (Wildman–Crippen LogP) is 0.769. The highest BCUT2D eigenvalue weighted by Gasteiger charge is 2.27. The average Bonchev–Trinajstić information content (AvgIpc) is 3.10. The van der Waals surface area contributed by atoms with Gasteiger partial charge in [0.25, 0.3) is 0 Å². The second kappa shape index (κ2) is 6.19. The molecule has 0 bridgehead atoms. The van der Waals surface area contributed by atoms with Crippen LogP contribution >= 0.6 is 0 Å². The lowest BCUT2D eigenvalue weighted by Crippen LogP contribution is -2.41. The molecule has 122 valence electrons. The van der Waals surface area contributed by atoms with Crippen LogP contribution in [0.25, 0.3) is 5.65 Å². The van der Waals surface area contributed by atoms with E-state index in [9.17, 15) is 4.79 Å². The van der Waals surface area contributed by atoms with Gasteiger partial charge < -0.3 is 10.2 Å². The molecule has 3 aromatic heterocycles. The Hall–Kier alpha value is -3.10. The first kappa shape index (κ1) is 14.5. The number of hydrogen-bond acceptors (Lipinski definition) is 7. The normalized spacial score (nSPS) is 17.8. The molecule has 9 heteroatoms. The van der Waals surface area contributed by atoms with Crippen molar-refractivity contribution in [2.24, 2.45) is 5.92 Å². The molecule has 0 aromatic carbocycles. The fourth-order valence-electron chi connectivity index (χ4n) is 2.89. The third-order valence-corrected chi connectivity index (χ3v) is 4.10. The zero-order chi connectivity index (χ0) is 16.4. The molecule has 0 spiro atoms. The summed E-state index contributed by atoms with van der Waals surface area (Å²) >= 11 is 0. The molecule has 0 aliphatic carbocycles. The second-order valence-electron chi connectivity index (χ2n) is 5.73. The Labute approximate surface area is 137 Å². The van der Waals surface area contributed by atoms with E-state index in [-0.39, 0.29) is 11.8 Å². The number of fused-ring (bicyclic) bond motifs is 1. The molecule has 1 aliphatic heterocycles.